The summed E-state index contributed by atoms with van der Waals surface area (Å²) in [4.78, 5) is 24.9. The first-order chi connectivity index (χ1) is 13.2. The number of hydrogen-bond acceptors (Lipinski definition) is 9. The lowest BCUT2D eigenvalue weighted by Gasteiger charge is -2.32. The maximum absolute atomic E-state index is 11.7. The predicted octanol–water partition coefficient (Wildman–Crippen LogP) is 0.582. The van der Waals surface area contributed by atoms with Crippen molar-refractivity contribution in [2.45, 2.75) is 19.3 Å². The lowest BCUT2D eigenvalue weighted by atomic mass is 9.97. The summed E-state index contributed by atoms with van der Waals surface area (Å²) in [6.07, 6.45) is 4.06. The summed E-state index contributed by atoms with van der Waals surface area (Å²) >= 11 is 0. The van der Waals surface area contributed by atoms with Crippen LogP contribution in [-0.2, 0) is 14.3 Å². The Morgan fingerprint density at radius 2 is 2.04 bits per heavy atom. The molecule has 3 N–H and O–H groups in total. The Hall–Kier alpha value is -2.13. The highest BCUT2D eigenvalue weighted by Gasteiger charge is 2.27. The number of rotatable bonds is 7. The average molecular weight is 378 g/mol. The fraction of sp³-hybridized carbons (Fsp3) is 0.722. The minimum absolute atomic E-state index is 0.0351. The molecule has 2 saturated heterocycles. The minimum atomic E-state index is -0.132. The molecular formula is C18H30N6O3. The summed E-state index contributed by atoms with van der Waals surface area (Å²) in [6, 6.07) is 0. The average Bonchev–Trinajstić information content (AvgIpc) is 2.72. The summed E-state index contributed by atoms with van der Waals surface area (Å²) in [7, 11) is 1.44. The molecular weight excluding hydrogens is 348 g/mol. The number of anilines is 3. The van der Waals surface area contributed by atoms with E-state index in [0.717, 1.165) is 77.6 Å². The number of nitrogens with two attached hydrogens (primary N) is 1. The predicted molar refractivity (Wildman–Crippen MR) is 104 cm³/mol. The fourth-order valence-corrected chi connectivity index (χ4v) is 3.61. The second-order valence-corrected chi connectivity index (χ2v) is 6.98. The lowest BCUT2D eigenvalue weighted by molar-refractivity contribution is -0.146. The van der Waals surface area contributed by atoms with Crippen LogP contribution in [0.15, 0.2) is 6.33 Å². The summed E-state index contributed by atoms with van der Waals surface area (Å²) < 4.78 is 10.2. The van der Waals surface area contributed by atoms with Crippen molar-refractivity contribution in [1.29, 1.82) is 0 Å². The van der Waals surface area contributed by atoms with E-state index < -0.39 is 0 Å². The molecule has 150 valence electrons. The van der Waals surface area contributed by atoms with Gasteiger partial charge in [0.2, 0.25) is 0 Å². The van der Waals surface area contributed by atoms with Gasteiger partial charge >= 0.3 is 5.97 Å². The Bertz CT molecular complexity index is 615. The van der Waals surface area contributed by atoms with Gasteiger partial charge in [0, 0.05) is 32.7 Å². The molecule has 27 heavy (non-hydrogen) atoms. The molecule has 3 rings (SSSR count). The Labute approximate surface area is 160 Å². The zero-order valence-corrected chi connectivity index (χ0v) is 16.0. The van der Waals surface area contributed by atoms with E-state index in [1.54, 1.807) is 6.33 Å². The van der Waals surface area contributed by atoms with Crippen LogP contribution in [-0.4, -0.2) is 80.4 Å². The van der Waals surface area contributed by atoms with Crippen molar-refractivity contribution in [2.24, 2.45) is 5.92 Å². The summed E-state index contributed by atoms with van der Waals surface area (Å²) in [5.41, 5.74) is 6.88. The number of carbonyl (C=O) groups excluding carboxylic acids is 1. The van der Waals surface area contributed by atoms with Gasteiger partial charge in [-0.2, -0.15) is 0 Å². The van der Waals surface area contributed by atoms with Crippen LogP contribution >= 0.6 is 0 Å². The third kappa shape index (κ3) is 5.20. The van der Waals surface area contributed by atoms with Crippen molar-refractivity contribution in [3.63, 3.8) is 0 Å². The molecule has 2 fully saturated rings. The Morgan fingerprint density at radius 1 is 1.30 bits per heavy atom. The topological polar surface area (TPSA) is 106 Å². The molecule has 0 aliphatic carbocycles. The van der Waals surface area contributed by atoms with Crippen molar-refractivity contribution in [3.8, 4) is 0 Å². The van der Waals surface area contributed by atoms with E-state index in [0.29, 0.717) is 11.5 Å². The van der Waals surface area contributed by atoms with Gasteiger partial charge in [0.15, 0.2) is 11.6 Å². The number of nitrogens with zero attached hydrogens (tertiary/aromatic N) is 4. The number of methoxy groups -OCH3 is 1. The van der Waals surface area contributed by atoms with Crippen LogP contribution in [0.1, 0.15) is 19.3 Å². The molecule has 0 bridgehead atoms. The van der Waals surface area contributed by atoms with Crippen molar-refractivity contribution < 1.29 is 14.3 Å². The van der Waals surface area contributed by atoms with Crippen molar-refractivity contribution >= 4 is 23.3 Å². The molecule has 0 atom stereocenters. The number of hydrogen-bond donors (Lipinski definition) is 2. The number of aromatic nitrogens is 2. The first-order valence-electron chi connectivity index (χ1n) is 9.66. The quantitative estimate of drug-likeness (QED) is 0.520. The largest absolute Gasteiger partial charge is 0.469 e. The molecule has 2 aliphatic rings. The third-order valence-corrected chi connectivity index (χ3v) is 5.24. The summed E-state index contributed by atoms with van der Waals surface area (Å²) in [5.74, 6) is 1.25. The van der Waals surface area contributed by atoms with E-state index in [2.05, 4.69) is 25.1 Å². The van der Waals surface area contributed by atoms with E-state index in [-0.39, 0.29) is 11.9 Å². The smallest absolute Gasteiger partial charge is 0.308 e. The Balaban J connectivity index is 1.49. The molecule has 1 aromatic rings. The van der Waals surface area contributed by atoms with Crippen LogP contribution in [0, 0.1) is 5.92 Å². The van der Waals surface area contributed by atoms with E-state index in [9.17, 15) is 4.79 Å². The molecule has 0 saturated carbocycles. The third-order valence-electron chi connectivity index (χ3n) is 5.24. The number of nitrogens with one attached hydrogen (secondary N) is 1. The maximum Gasteiger partial charge on any atom is 0.308 e. The highest BCUT2D eigenvalue weighted by atomic mass is 16.5. The van der Waals surface area contributed by atoms with Gasteiger partial charge in [-0.1, -0.05) is 0 Å². The van der Waals surface area contributed by atoms with Crippen LogP contribution in [0.5, 0.6) is 0 Å². The van der Waals surface area contributed by atoms with Gasteiger partial charge in [-0.15, -0.1) is 0 Å². The Kier molecular flexibility index (Phi) is 7.05. The molecule has 9 heteroatoms. The van der Waals surface area contributed by atoms with E-state index in [1.807, 2.05) is 0 Å². The second-order valence-electron chi connectivity index (χ2n) is 6.98. The molecule has 0 radical (unpaired) electrons. The van der Waals surface area contributed by atoms with Crippen LogP contribution in [0.25, 0.3) is 0 Å². The van der Waals surface area contributed by atoms with Gasteiger partial charge in [0.25, 0.3) is 0 Å². The van der Waals surface area contributed by atoms with Gasteiger partial charge in [-0.05, 0) is 25.8 Å². The number of piperidine rings is 1. The van der Waals surface area contributed by atoms with Crippen molar-refractivity contribution in [3.05, 3.63) is 6.33 Å². The number of nitrogen functional groups attached to an aromatic ring is 1. The highest BCUT2D eigenvalue weighted by molar-refractivity contribution is 5.76. The van der Waals surface area contributed by atoms with Crippen molar-refractivity contribution in [2.75, 3.05) is 75.5 Å². The maximum atomic E-state index is 11.7. The molecule has 0 amide bonds. The number of ether oxygens (including phenoxy) is 2. The number of morpholine rings is 1. The van der Waals surface area contributed by atoms with Gasteiger partial charge in [0.05, 0.1) is 26.2 Å². The number of carbonyl (C=O) groups is 1. The summed E-state index contributed by atoms with van der Waals surface area (Å²) in [5, 5.41) is 3.33. The van der Waals surface area contributed by atoms with Gasteiger partial charge in [-0.3, -0.25) is 9.69 Å². The zero-order chi connectivity index (χ0) is 19.1. The van der Waals surface area contributed by atoms with Crippen LogP contribution in [0.2, 0.25) is 0 Å². The van der Waals surface area contributed by atoms with Crippen LogP contribution in [0.3, 0.4) is 0 Å². The molecule has 0 aromatic carbocycles. The van der Waals surface area contributed by atoms with Crippen molar-refractivity contribution in [1.82, 2.24) is 14.9 Å². The SMILES string of the molecule is COC(=O)C1CCN(c2ncnc(NCCCN3CCOCC3)c2N)CC1. The Morgan fingerprint density at radius 3 is 2.74 bits per heavy atom. The van der Waals surface area contributed by atoms with E-state index in [4.69, 9.17) is 15.2 Å². The molecule has 2 aliphatic heterocycles. The van der Waals surface area contributed by atoms with Crippen LogP contribution in [0.4, 0.5) is 17.3 Å². The van der Waals surface area contributed by atoms with Gasteiger partial charge in [0.1, 0.15) is 12.0 Å². The zero-order valence-electron chi connectivity index (χ0n) is 16.0. The monoisotopic (exact) mass is 378 g/mol. The van der Waals surface area contributed by atoms with E-state index >= 15 is 0 Å². The molecule has 1 aromatic heterocycles. The van der Waals surface area contributed by atoms with E-state index in [1.165, 1.54) is 7.11 Å². The normalized spacial score (nSPS) is 19.1. The second kappa shape index (κ2) is 9.70. The van der Waals surface area contributed by atoms with Gasteiger partial charge < -0.3 is 25.4 Å². The standard InChI is InChI=1S/C18H30N6O3/c1-26-18(25)14-3-7-24(8-4-14)17-15(19)16(21-13-22-17)20-5-2-6-23-9-11-27-12-10-23/h13-14H,2-12,19H2,1H3,(H,20,21,22). The lowest BCUT2D eigenvalue weighted by Crippen LogP contribution is -2.38. The van der Waals surface area contributed by atoms with Crippen LogP contribution < -0.4 is 16.0 Å². The molecule has 3 heterocycles. The van der Waals surface area contributed by atoms with Gasteiger partial charge in [-0.25, -0.2) is 9.97 Å². The molecule has 9 nitrogen and oxygen atoms in total. The number of esters is 1. The molecule has 0 spiro atoms. The minimum Gasteiger partial charge on any atom is -0.469 e. The molecule has 0 unspecified atom stereocenters. The fourth-order valence-electron chi connectivity index (χ4n) is 3.61. The summed E-state index contributed by atoms with van der Waals surface area (Å²) in [6.45, 7) is 6.96. The first kappa shape index (κ1) is 19.6. The first-order valence-corrected chi connectivity index (χ1v) is 9.66. The highest BCUT2D eigenvalue weighted by Crippen LogP contribution is 2.29.